The summed E-state index contributed by atoms with van der Waals surface area (Å²) < 4.78 is 10.9. The number of hydrogen-bond donors (Lipinski definition) is 1. The quantitative estimate of drug-likeness (QED) is 0.842. The Labute approximate surface area is 114 Å². The van der Waals surface area contributed by atoms with Gasteiger partial charge in [0.15, 0.2) is 5.82 Å². The molecule has 3 unspecified atom stereocenters. The van der Waals surface area contributed by atoms with Gasteiger partial charge in [-0.2, -0.15) is 4.98 Å². The largest absolute Gasteiger partial charge is 0.368 e. The Hall–Kier alpha value is -0.980. The molecule has 1 aliphatic rings. The van der Waals surface area contributed by atoms with E-state index in [0.717, 1.165) is 32.7 Å². The van der Waals surface area contributed by atoms with E-state index >= 15 is 0 Å². The topological polar surface area (TPSA) is 77.4 Å². The Kier molecular flexibility index (Phi) is 4.90. The summed E-state index contributed by atoms with van der Waals surface area (Å²) in [6.45, 7) is 9.81. The van der Waals surface area contributed by atoms with E-state index in [9.17, 15) is 0 Å². The van der Waals surface area contributed by atoms with Crippen LogP contribution in [0.25, 0.3) is 0 Å². The number of hydrogen-bond acceptors (Lipinski definition) is 6. The molecule has 1 saturated heterocycles. The first-order valence-corrected chi connectivity index (χ1v) is 7.08. The van der Waals surface area contributed by atoms with Gasteiger partial charge >= 0.3 is 0 Å². The van der Waals surface area contributed by atoms with Crippen molar-refractivity contribution < 1.29 is 9.26 Å². The van der Waals surface area contributed by atoms with Gasteiger partial charge in [0.1, 0.15) is 6.10 Å². The summed E-state index contributed by atoms with van der Waals surface area (Å²) in [5.41, 5.74) is 6.13. The lowest BCUT2D eigenvalue weighted by Gasteiger charge is -2.20. The van der Waals surface area contributed by atoms with Gasteiger partial charge < -0.3 is 19.9 Å². The molecule has 0 bridgehead atoms. The molecule has 0 aliphatic carbocycles. The molecule has 1 aliphatic heterocycles. The van der Waals surface area contributed by atoms with Crippen molar-refractivity contribution in [3.63, 3.8) is 0 Å². The molecule has 108 valence electrons. The number of aromatic nitrogens is 2. The number of nitrogens with two attached hydrogens (primary N) is 1. The highest BCUT2D eigenvalue weighted by atomic mass is 16.5. The standard InChI is InChI=1S/C13H24N4O2/c1-4-17(5-2)8-10(14)12-15-13(19-16-12)11-9(3)6-7-18-11/h9-11H,4-8,14H2,1-3H3. The van der Waals surface area contributed by atoms with Crippen molar-refractivity contribution in [3.8, 4) is 0 Å². The Morgan fingerprint density at radius 1 is 1.42 bits per heavy atom. The molecule has 6 heteroatoms. The lowest BCUT2D eigenvalue weighted by Crippen LogP contribution is -2.32. The van der Waals surface area contributed by atoms with Gasteiger partial charge in [0.05, 0.1) is 6.04 Å². The first-order valence-electron chi connectivity index (χ1n) is 7.08. The second kappa shape index (κ2) is 6.45. The molecule has 2 rings (SSSR count). The molecule has 0 aromatic carbocycles. The zero-order chi connectivity index (χ0) is 13.8. The van der Waals surface area contributed by atoms with Crippen molar-refractivity contribution in [2.24, 2.45) is 11.7 Å². The van der Waals surface area contributed by atoms with Gasteiger partial charge in [-0.25, -0.2) is 0 Å². The van der Waals surface area contributed by atoms with Crippen LogP contribution in [0.4, 0.5) is 0 Å². The van der Waals surface area contributed by atoms with E-state index in [4.69, 9.17) is 15.0 Å². The summed E-state index contributed by atoms with van der Waals surface area (Å²) >= 11 is 0. The molecule has 3 atom stereocenters. The normalized spacial score (nSPS) is 25.1. The first kappa shape index (κ1) is 14.4. The van der Waals surface area contributed by atoms with Gasteiger partial charge in [0.2, 0.25) is 0 Å². The maximum atomic E-state index is 6.13. The zero-order valence-electron chi connectivity index (χ0n) is 12.0. The molecule has 1 fully saturated rings. The number of rotatable bonds is 6. The highest BCUT2D eigenvalue weighted by molar-refractivity contribution is 4.98. The fraction of sp³-hybridized carbons (Fsp3) is 0.846. The second-order valence-corrected chi connectivity index (χ2v) is 5.14. The van der Waals surface area contributed by atoms with E-state index < -0.39 is 0 Å². The van der Waals surface area contributed by atoms with E-state index in [-0.39, 0.29) is 12.1 Å². The summed E-state index contributed by atoms with van der Waals surface area (Å²) in [5.74, 6) is 1.56. The molecule has 2 N–H and O–H groups in total. The van der Waals surface area contributed by atoms with Crippen LogP contribution in [0.5, 0.6) is 0 Å². The van der Waals surface area contributed by atoms with E-state index in [2.05, 4.69) is 35.8 Å². The predicted octanol–water partition coefficient (Wildman–Crippen LogP) is 1.51. The van der Waals surface area contributed by atoms with Crippen molar-refractivity contribution in [1.82, 2.24) is 15.0 Å². The first-order chi connectivity index (χ1) is 9.15. The van der Waals surface area contributed by atoms with E-state index in [0.29, 0.717) is 17.6 Å². The average molecular weight is 268 g/mol. The predicted molar refractivity (Wildman–Crippen MR) is 71.5 cm³/mol. The van der Waals surface area contributed by atoms with Gasteiger partial charge in [-0.15, -0.1) is 0 Å². The number of ether oxygens (including phenoxy) is 1. The molecular weight excluding hydrogens is 244 g/mol. The van der Waals surface area contributed by atoms with E-state index in [1.54, 1.807) is 0 Å². The Morgan fingerprint density at radius 2 is 2.16 bits per heavy atom. The molecular formula is C13H24N4O2. The summed E-state index contributed by atoms with van der Waals surface area (Å²) in [6.07, 6.45) is 0.968. The monoisotopic (exact) mass is 268 g/mol. The molecule has 19 heavy (non-hydrogen) atoms. The number of likely N-dealkylation sites (N-methyl/N-ethyl adjacent to an activating group) is 1. The van der Waals surface area contributed by atoms with Gasteiger partial charge in [0.25, 0.3) is 5.89 Å². The lowest BCUT2D eigenvalue weighted by atomic mass is 10.0. The minimum Gasteiger partial charge on any atom is -0.368 e. The van der Waals surface area contributed by atoms with Crippen LogP contribution in [-0.4, -0.2) is 41.3 Å². The van der Waals surface area contributed by atoms with Crippen LogP contribution >= 0.6 is 0 Å². The molecule has 1 aromatic rings. The zero-order valence-corrected chi connectivity index (χ0v) is 12.0. The summed E-state index contributed by atoms with van der Waals surface area (Å²) in [6, 6.07) is -0.214. The lowest BCUT2D eigenvalue weighted by molar-refractivity contribution is 0.0661. The van der Waals surface area contributed by atoms with Crippen LogP contribution < -0.4 is 5.73 Å². The third kappa shape index (κ3) is 3.32. The van der Waals surface area contributed by atoms with Crippen LogP contribution in [0.15, 0.2) is 4.52 Å². The molecule has 0 amide bonds. The van der Waals surface area contributed by atoms with Crippen molar-refractivity contribution in [3.05, 3.63) is 11.7 Å². The highest BCUT2D eigenvalue weighted by Gasteiger charge is 2.31. The SMILES string of the molecule is CCN(CC)CC(N)c1noc(C2OCCC2C)n1. The third-order valence-corrected chi connectivity index (χ3v) is 3.77. The molecule has 6 nitrogen and oxygen atoms in total. The average Bonchev–Trinajstić information content (AvgIpc) is 3.03. The van der Waals surface area contributed by atoms with Gasteiger partial charge in [-0.3, -0.25) is 0 Å². The minimum absolute atomic E-state index is 0.0677. The highest BCUT2D eigenvalue weighted by Crippen LogP contribution is 2.33. The van der Waals surface area contributed by atoms with Crippen LogP contribution in [0.3, 0.4) is 0 Å². The van der Waals surface area contributed by atoms with E-state index in [1.165, 1.54) is 0 Å². The third-order valence-electron chi connectivity index (χ3n) is 3.77. The molecule has 1 aromatic heterocycles. The molecule has 2 heterocycles. The van der Waals surface area contributed by atoms with E-state index in [1.807, 2.05) is 0 Å². The molecule has 0 spiro atoms. The fourth-order valence-corrected chi connectivity index (χ4v) is 2.37. The smallest absolute Gasteiger partial charge is 0.256 e. The van der Waals surface area contributed by atoms with Crippen molar-refractivity contribution in [1.29, 1.82) is 0 Å². The summed E-state index contributed by atoms with van der Waals surface area (Å²) in [4.78, 5) is 6.66. The van der Waals surface area contributed by atoms with Gasteiger partial charge in [-0.05, 0) is 25.4 Å². The van der Waals surface area contributed by atoms with Gasteiger partial charge in [-0.1, -0.05) is 25.9 Å². The van der Waals surface area contributed by atoms with Crippen molar-refractivity contribution in [2.75, 3.05) is 26.2 Å². The van der Waals surface area contributed by atoms with Crippen molar-refractivity contribution in [2.45, 2.75) is 39.3 Å². The summed E-state index contributed by atoms with van der Waals surface area (Å²) in [7, 11) is 0. The Bertz CT molecular complexity index is 392. The van der Waals surface area contributed by atoms with Gasteiger partial charge in [0, 0.05) is 13.2 Å². The fourth-order valence-electron chi connectivity index (χ4n) is 2.37. The second-order valence-electron chi connectivity index (χ2n) is 5.14. The van der Waals surface area contributed by atoms with Crippen LogP contribution in [0, 0.1) is 5.92 Å². The maximum Gasteiger partial charge on any atom is 0.256 e. The van der Waals surface area contributed by atoms with Crippen molar-refractivity contribution >= 4 is 0 Å². The van der Waals surface area contributed by atoms with Crippen LogP contribution in [-0.2, 0) is 4.74 Å². The molecule has 0 radical (unpaired) electrons. The van der Waals surface area contributed by atoms with Crippen LogP contribution in [0.2, 0.25) is 0 Å². The summed E-state index contributed by atoms with van der Waals surface area (Å²) in [5, 5.41) is 4.00. The molecule has 0 saturated carbocycles. The maximum absolute atomic E-state index is 6.13. The minimum atomic E-state index is -0.214. The Balaban J connectivity index is 2.00. The van der Waals surface area contributed by atoms with Crippen LogP contribution in [0.1, 0.15) is 51.1 Å². The Morgan fingerprint density at radius 3 is 2.74 bits per heavy atom. The number of nitrogens with zero attached hydrogens (tertiary/aromatic N) is 3.